The highest BCUT2D eigenvalue weighted by molar-refractivity contribution is 6.09. The normalized spacial score (nSPS) is 15.2. The van der Waals surface area contributed by atoms with Gasteiger partial charge in [0, 0.05) is 5.69 Å². The van der Waals surface area contributed by atoms with Crippen molar-refractivity contribution in [1.29, 1.82) is 0 Å². The molecule has 1 aliphatic rings. The van der Waals surface area contributed by atoms with Gasteiger partial charge in [-0.25, -0.2) is 0 Å². The molecule has 0 bridgehead atoms. The Labute approximate surface area is 75.0 Å². The lowest BCUT2D eigenvalue weighted by Gasteiger charge is -2.13. The number of rotatable bonds is 0. The largest absolute Gasteiger partial charge is 0.292 e. The number of amides is 2. The molecule has 13 heavy (non-hydrogen) atoms. The van der Waals surface area contributed by atoms with E-state index in [9.17, 15) is 9.59 Å². The van der Waals surface area contributed by atoms with Gasteiger partial charge in [-0.3, -0.25) is 19.9 Å². The summed E-state index contributed by atoms with van der Waals surface area (Å²) in [5, 5.41) is 2.24. The number of hydrogen-bond acceptors (Lipinski definition) is 3. The molecule has 2 amide bonds. The van der Waals surface area contributed by atoms with Gasteiger partial charge in [0.2, 0.25) is 5.91 Å². The summed E-state index contributed by atoms with van der Waals surface area (Å²) in [5.41, 5.74) is 1.90. The SMILES string of the molecule is Cc1ccc2c(n1)CC(=O)NC2=O. The second kappa shape index (κ2) is 2.65. The fraction of sp³-hybridized carbons (Fsp3) is 0.222. The van der Waals surface area contributed by atoms with E-state index in [1.54, 1.807) is 12.1 Å². The second-order valence-electron chi connectivity index (χ2n) is 3.00. The molecule has 0 spiro atoms. The lowest BCUT2D eigenvalue weighted by Crippen LogP contribution is -2.37. The highest BCUT2D eigenvalue weighted by Gasteiger charge is 2.22. The summed E-state index contributed by atoms with van der Waals surface area (Å²) >= 11 is 0. The van der Waals surface area contributed by atoms with E-state index in [1.165, 1.54) is 0 Å². The fourth-order valence-corrected chi connectivity index (χ4v) is 1.34. The average molecular weight is 176 g/mol. The van der Waals surface area contributed by atoms with E-state index in [2.05, 4.69) is 10.3 Å². The second-order valence-corrected chi connectivity index (χ2v) is 3.00. The van der Waals surface area contributed by atoms with Crippen LogP contribution < -0.4 is 5.32 Å². The summed E-state index contributed by atoms with van der Waals surface area (Å²) in [6.45, 7) is 1.83. The molecule has 0 aromatic carbocycles. The minimum absolute atomic E-state index is 0.197. The van der Waals surface area contributed by atoms with Crippen molar-refractivity contribution < 1.29 is 9.59 Å². The molecule has 1 N–H and O–H groups in total. The first-order valence-corrected chi connectivity index (χ1v) is 3.97. The first-order chi connectivity index (χ1) is 6.16. The Morgan fingerprint density at radius 1 is 1.38 bits per heavy atom. The van der Waals surface area contributed by atoms with Crippen LogP contribution in [0.1, 0.15) is 21.7 Å². The summed E-state index contributed by atoms with van der Waals surface area (Å²) in [4.78, 5) is 26.3. The minimum atomic E-state index is -0.348. The van der Waals surface area contributed by atoms with Crippen molar-refractivity contribution in [3.05, 3.63) is 29.1 Å². The zero-order valence-corrected chi connectivity index (χ0v) is 7.13. The van der Waals surface area contributed by atoms with Gasteiger partial charge in [0.05, 0.1) is 17.7 Å². The van der Waals surface area contributed by atoms with Crippen LogP contribution in [0.15, 0.2) is 12.1 Å². The number of nitrogens with zero attached hydrogens (tertiary/aromatic N) is 1. The van der Waals surface area contributed by atoms with Crippen LogP contribution >= 0.6 is 0 Å². The average Bonchev–Trinajstić information content (AvgIpc) is 2.02. The quantitative estimate of drug-likeness (QED) is 0.574. The van der Waals surface area contributed by atoms with E-state index >= 15 is 0 Å². The number of carbonyl (C=O) groups excluding carboxylic acids is 2. The first kappa shape index (κ1) is 7.91. The number of fused-ring (bicyclic) bond motifs is 1. The molecule has 0 fully saturated rings. The number of aromatic nitrogens is 1. The molecular weight excluding hydrogens is 168 g/mol. The van der Waals surface area contributed by atoms with Gasteiger partial charge in [-0.15, -0.1) is 0 Å². The smallest absolute Gasteiger partial charge is 0.259 e. The van der Waals surface area contributed by atoms with E-state index < -0.39 is 0 Å². The Morgan fingerprint density at radius 3 is 2.92 bits per heavy atom. The zero-order chi connectivity index (χ0) is 9.42. The van der Waals surface area contributed by atoms with Crippen molar-refractivity contribution in [1.82, 2.24) is 10.3 Å². The molecule has 1 aromatic rings. The van der Waals surface area contributed by atoms with Crippen molar-refractivity contribution in [2.75, 3.05) is 0 Å². The monoisotopic (exact) mass is 176 g/mol. The third-order valence-corrected chi connectivity index (χ3v) is 1.94. The fourth-order valence-electron chi connectivity index (χ4n) is 1.34. The Morgan fingerprint density at radius 2 is 2.15 bits per heavy atom. The van der Waals surface area contributed by atoms with Crippen LogP contribution in [-0.4, -0.2) is 16.8 Å². The van der Waals surface area contributed by atoms with Crippen LogP contribution in [0, 0.1) is 6.92 Å². The van der Waals surface area contributed by atoms with Crippen molar-refractivity contribution in [3.8, 4) is 0 Å². The van der Waals surface area contributed by atoms with Crippen LogP contribution in [0.4, 0.5) is 0 Å². The summed E-state index contributed by atoms with van der Waals surface area (Å²) in [5.74, 6) is -0.630. The van der Waals surface area contributed by atoms with E-state index in [0.29, 0.717) is 11.3 Å². The molecule has 0 atom stereocenters. The molecule has 0 radical (unpaired) electrons. The van der Waals surface area contributed by atoms with Gasteiger partial charge in [0.15, 0.2) is 0 Å². The third kappa shape index (κ3) is 1.30. The number of nitrogens with one attached hydrogen (secondary N) is 1. The van der Waals surface area contributed by atoms with Gasteiger partial charge in [-0.1, -0.05) is 0 Å². The standard InChI is InChI=1S/C9H8N2O2/c1-5-2-3-6-7(10-5)4-8(12)11-9(6)13/h2-3H,4H2,1H3,(H,11,12,13). The van der Waals surface area contributed by atoms with Gasteiger partial charge in [0.25, 0.3) is 5.91 Å². The summed E-state index contributed by atoms with van der Waals surface area (Å²) in [7, 11) is 0. The van der Waals surface area contributed by atoms with Crippen molar-refractivity contribution >= 4 is 11.8 Å². The van der Waals surface area contributed by atoms with Crippen LogP contribution in [0.5, 0.6) is 0 Å². The number of hydrogen-bond donors (Lipinski definition) is 1. The predicted octanol–water partition coefficient (Wildman–Crippen LogP) is 0.203. The van der Waals surface area contributed by atoms with Crippen molar-refractivity contribution in [2.45, 2.75) is 13.3 Å². The topological polar surface area (TPSA) is 59.1 Å². The minimum Gasteiger partial charge on any atom is -0.292 e. The van der Waals surface area contributed by atoms with Crippen LogP contribution in [0.25, 0.3) is 0 Å². The first-order valence-electron chi connectivity index (χ1n) is 3.97. The number of pyridine rings is 1. The molecule has 1 aliphatic heterocycles. The Balaban J connectivity index is 2.55. The molecule has 4 heteroatoms. The molecule has 66 valence electrons. The van der Waals surface area contributed by atoms with Crippen LogP contribution in [0.2, 0.25) is 0 Å². The molecule has 1 aromatic heterocycles. The number of carbonyl (C=O) groups is 2. The lowest BCUT2D eigenvalue weighted by molar-refractivity contribution is -0.119. The molecule has 0 aliphatic carbocycles. The molecular formula is C9H8N2O2. The maximum Gasteiger partial charge on any atom is 0.259 e. The molecule has 2 rings (SSSR count). The predicted molar refractivity (Wildman–Crippen MR) is 45.2 cm³/mol. The van der Waals surface area contributed by atoms with Gasteiger partial charge in [-0.2, -0.15) is 0 Å². The Kier molecular flexibility index (Phi) is 1.62. The van der Waals surface area contributed by atoms with Gasteiger partial charge >= 0.3 is 0 Å². The van der Waals surface area contributed by atoms with E-state index in [-0.39, 0.29) is 18.2 Å². The van der Waals surface area contributed by atoms with Crippen molar-refractivity contribution in [3.63, 3.8) is 0 Å². The maximum atomic E-state index is 11.2. The summed E-state index contributed by atoms with van der Waals surface area (Å²) in [6.07, 6.45) is 0.197. The number of imide groups is 1. The Bertz CT molecular complexity index is 399. The van der Waals surface area contributed by atoms with Gasteiger partial charge in [-0.05, 0) is 19.1 Å². The van der Waals surface area contributed by atoms with E-state index in [1.807, 2.05) is 6.92 Å². The lowest BCUT2D eigenvalue weighted by atomic mass is 10.1. The third-order valence-electron chi connectivity index (χ3n) is 1.94. The highest BCUT2D eigenvalue weighted by Crippen LogP contribution is 2.12. The summed E-state index contributed by atoms with van der Waals surface area (Å²) in [6, 6.07) is 3.45. The van der Waals surface area contributed by atoms with Crippen LogP contribution in [-0.2, 0) is 11.2 Å². The summed E-state index contributed by atoms with van der Waals surface area (Å²) < 4.78 is 0. The highest BCUT2D eigenvalue weighted by atomic mass is 16.2. The Hall–Kier alpha value is -1.71. The molecule has 0 unspecified atom stereocenters. The molecule has 0 saturated carbocycles. The van der Waals surface area contributed by atoms with E-state index in [0.717, 1.165) is 5.69 Å². The van der Waals surface area contributed by atoms with Gasteiger partial charge in [0.1, 0.15) is 0 Å². The molecule has 2 heterocycles. The van der Waals surface area contributed by atoms with Crippen molar-refractivity contribution in [2.24, 2.45) is 0 Å². The molecule has 4 nitrogen and oxygen atoms in total. The molecule has 0 saturated heterocycles. The zero-order valence-electron chi connectivity index (χ0n) is 7.13. The van der Waals surface area contributed by atoms with Gasteiger partial charge < -0.3 is 0 Å². The van der Waals surface area contributed by atoms with E-state index in [4.69, 9.17) is 0 Å². The number of aryl methyl sites for hydroxylation is 1. The maximum absolute atomic E-state index is 11.2. The van der Waals surface area contributed by atoms with Crippen LogP contribution in [0.3, 0.4) is 0 Å².